The van der Waals surface area contributed by atoms with Gasteiger partial charge in [0, 0.05) is 25.6 Å². The summed E-state index contributed by atoms with van der Waals surface area (Å²) in [7, 11) is -0.503. The van der Waals surface area contributed by atoms with Crippen molar-refractivity contribution in [3.8, 4) is 22.6 Å². The highest BCUT2D eigenvalue weighted by atomic mass is 32.2. The van der Waals surface area contributed by atoms with E-state index in [4.69, 9.17) is 9.47 Å². The monoisotopic (exact) mass is 643 g/mol. The molecule has 0 radical (unpaired) electrons. The van der Waals surface area contributed by atoms with Gasteiger partial charge in [0.15, 0.2) is 5.75 Å². The van der Waals surface area contributed by atoms with Gasteiger partial charge in [0.2, 0.25) is 0 Å². The molecule has 2 N–H and O–H groups in total. The highest BCUT2D eigenvalue weighted by Gasteiger charge is 2.35. The Balaban J connectivity index is 1.42. The molecule has 0 aromatic heterocycles. The zero-order chi connectivity index (χ0) is 32.8. The number of aliphatic hydroxyl groups excluding tert-OH is 1. The van der Waals surface area contributed by atoms with E-state index in [1.165, 1.54) is 19.2 Å². The lowest BCUT2D eigenvalue weighted by Gasteiger charge is -2.38. The number of sulfonamides is 1. The molecule has 10 heteroatoms. The summed E-state index contributed by atoms with van der Waals surface area (Å²) in [6.07, 6.45) is -0.402. The molecule has 46 heavy (non-hydrogen) atoms. The van der Waals surface area contributed by atoms with Crippen LogP contribution >= 0.6 is 0 Å². The largest absolute Gasteiger partial charge is 0.497 e. The minimum atomic E-state index is -4.02. The second-order valence-electron chi connectivity index (χ2n) is 11.8. The van der Waals surface area contributed by atoms with Crippen LogP contribution in [0, 0.1) is 5.92 Å². The number of nitrogens with one attached hydrogen (secondary N) is 1. The summed E-state index contributed by atoms with van der Waals surface area (Å²) in [6.45, 7) is 5.13. The smallest absolute Gasteiger partial charge is 0.262 e. The molecule has 0 fully saturated rings. The number of hydrogen-bond acceptors (Lipinski definition) is 7. The first-order valence-corrected chi connectivity index (χ1v) is 16.8. The summed E-state index contributed by atoms with van der Waals surface area (Å²) < 4.78 is 41.3. The van der Waals surface area contributed by atoms with Gasteiger partial charge in [0.1, 0.15) is 11.9 Å². The molecule has 4 aromatic carbocycles. The number of carbonyl (C=O) groups is 1. The molecule has 0 spiro atoms. The van der Waals surface area contributed by atoms with E-state index >= 15 is 0 Å². The minimum Gasteiger partial charge on any atom is -0.497 e. The van der Waals surface area contributed by atoms with Crippen molar-refractivity contribution in [3.63, 3.8) is 0 Å². The summed E-state index contributed by atoms with van der Waals surface area (Å²) >= 11 is 0. The Kier molecular flexibility index (Phi) is 10.3. The molecule has 0 bridgehead atoms. The predicted molar refractivity (Wildman–Crippen MR) is 180 cm³/mol. The molecule has 0 saturated heterocycles. The van der Waals surface area contributed by atoms with Crippen molar-refractivity contribution in [1.29, 1.82) is 0 Å². The molecular weight excluding hydrogens is 602 g/mol. The number of carbonyl (C=O) groups excluding carboxylic acids is 1. The Labute approximate surface area is 271 Å². The first-order valence-electron chi connectivity index (χ1n) is 15.3. The van der Waals surface area contributed by atoms with Crippen molar-refractivity contribution >= 4 is 21.6 Å². The molecule has 5 rings (SSSR count). The number of para-hydroxylation sites is 1. The first kappa shape index (κ1) is 33.0. The van der Waals surface area contributed by atoms with Crippen LogP contribution in [0.2, 0.25) is 0 Å². The van der Waals surface area contributed by atoms with Gasteiger partial charge in [0.25, 0.3) is 15.9 Å². The second kappa shape index (κ2) is 14.4. The fourth-order valence-electron chi connectivity index (χ4n) is 5.62. The number of nitrogens with zero attached hydrogens (tertiary/aromatic N) is 2. The van der Waals surface area contributed by atoms with Gasteiger partial charge in [0.05, 0.1) is 35.9 Å². The maximum atomic E-state index is 13.8. The number of ether oxygens (including phenoxy) is 2. The molecular formula is C36H41N3O6S. The minimum absolute atomic E-state index is 0.0431. The van der Waals surface area contributed by atoms with Crippen molar-refractivity contribution in [2.24, 2.45) is 5.92 Å². The number of hydrogen-bond donors (Lipinski definition) is 2. The van der Waals surface area contributed by atoms with Gasteiger partial charge in [-0.3, -0.25) is 14.4 Å². The number of aliphatic hydroxyl groups is 1. The van der Waals surface area contributed by atoms with Crippen molar-refractivity contribution in [3.05, 3.63) is 108 Å². The van der Waals surface area contributed by atoms with Crippen LogP contribution in [0.25, 0.3) is 11.1 Å². The van der Waals surface area contributed by atoms with Crippen LogP contribution in [-0.4, -0.2) is 75.2 Å². The Morgan fingerprint density at radius 3 is 2.30 bits per heavy atom. The molecule has 9 nitrogen and oxygen atoms in total. The van der Waals surface area contributed by atoms with Crippen LogP contribution in [-0.2, 0) is 16.6 Å². The number of rotatable bonds is 11. The second-order valence-corrected chi connectivity index (χ2v) is 13.5. The van der Waals surface area contributed by atoms with Crippen molar-refractivity contribution in [2.45, 2.75) is 37.4 Å². The van der Waals surface area contributed by atoms with Crippen molar-refractivity contribution < 1.29 is 27.8 Å². The summed E-state index contributed by atoms with van der Waals surface area (Å²) in [5, 5.41) is 10.0. The van der Waals surface area contributed by atoms with E-state index in [0.717, 1.165) is 16.7 Å². The normalized spacial score (nSPS) is 17.4. The van der Waals surface area contributed by atoms with E-state index in [9.17, 15) is 18.3 Å². The van der Waals surface area contributed by atoms with E-state index in [1.807, 2.05) is 32.2 Å². The Bertz CT molecular complexity index is 1730. The predicted octanol–water partition coefficient (Wildman–Crippen LogP) is 5.52. The lowest BCUT2D eigenvalue weighted by atomic mass is 9.98. The van der Waals surface area contributed by atoms with Crippen LogP contribution < -0.4 is 14.2 Å². The summed E-state index contributed by atoms with van der Waals surface area (Å²) in [6, 6.07) is 29.1. The lowest BCUT2D eigenvalue weighted by molar-refractivity contribution is 0.0344. The van der Waals surface area contributed by atoms with Crippen molar-refractivity contribution in [2.75, 3.05) is 38.6 Å². The van der Waals surface area contributed by atoms with Gasteiger partial charge >= 0.3 is 0 Å². The number of benzene rings is 4. The average molecular weight is 644 g/mol. The number of anilines is 1. The molecule has 1 aliphatic rings. The molecule has 1 aliphatic heterocycles. The molecule has 242 valence electrons. The number of likely N-dealkylation sites (N-methyl/N-ethyl adjacent to an activating group) is 1. The van der Waals surface area contributed by atoms with Crippen LogP contribution in [0.3, 0.4) is 0 Å². The van der Waals surface area contributed by atoms with E-state index in [1.54, 1.807) is 42.2 Å². The highest BCUT2D eigenvalue weighted by molar-refractivity contribution is 7.92. The molecule has 3 atom stereocenters. The van der Waals surface area contributed by atoms with Crippen LogP contribution in [0.1, 0.15) is 29.8 Å². The van der Waals surface area contributed by atoms with Gasteiger partial charge < -0.3 is 19.5 Å². The zero-order valence-electron chi connectivity index (χ0n) is 26.6. The molecule has 0 saturated carbocycles. The van der Waals surface area contributed by atoms with Gasteiger partial charge in [-0.1, -0.05) is 67.6 Å². The van der Waals surface area contributed by atoms with E-state index in [0.29, 0.717) is 25.4 Å². The van der Waals surface area contributed by atoms with Gasteiger partial charge in [-0.15, -0.1) is 0 Å². The van der Waals surface area contributed by atoms with Crippen LogP contribution in [0.15, 0.2) is 102 Å². The molecule has 1 heterocycles. The summed E-state index contributed by atoms with van der Waals surface area (Å²) in [4.78, 5) is 17.7. The SMILES string of the molecule is COc1ccc(S(=O)(=O)Nc2cccc3c2O[C@H](CN(C)Cc2ccc(-c4ccccc4)cc2)[C@@H](C)CN([C@H](C)CO)C3=O)cc1. The Morgan fingerprint density at radius 2 is 1.65 bits per heavy atom. The maximum Gasteiger partial charge on any atom is 0.262 e. The number of fused-ring (bicyclic) bond motifs is 1. The first-order chi connectivity index (χ1) is 22.1. The van der Waals surface area contributed by atoms with Crippen LogP contribution in [0.4, 0.5) is 5.69 Å². The number of methoxy groups -OCH3 is 1. The highest BCUT2D eigenvalue weighted by Crippen LogP contribution is 2.36. The van der Waals surface area contributed by atoms with E-state index in [2.05, 4.69) is 46.0 Å². The maximum absolute atomic E-state index is 13.8. The van der Waals surface area contributed by atoms with Crippen LogP contribution in [0.5, 0.6) is 11.5 Å². The third kappa shape index (κ3) is 7.52. The molecule has 0 aliphatic carbocycles. The standard InChI is InChI=1S/C36H41N3O6S/c1-25-21-39(26(2)24-40)36(41)32-11-8-12-33(37-46(42,43)31-19-17-30(44-4)18-20-31)35(32)45-34(25)23-38(3)22-27-13-15-29(16-14-27)28-9-6-5-7-10-28/h5-20,25-26,34,37,40H,21-24H2,1-4H3/t25-,26+,34+/m0/s1. The van der Waals surface area contributed by atoms with E-state index in [-0.39, 0.29) is 40.3 Å². The van der Waals surface area contributed by atoms with Gasteiger partial charge in [-0.05, 0) is 67.1 Å². The third-order valence-corrected chi connectivity index (χ3v) is 9.69. The zero-order valence-corrected chi connectivity index (χ0v) is 27.4. The summed E-state index contributed by atoms with van der Waals surface area (Å²) in [5.74, 6) is 0.222. The number of amides is 1. The fraction of sp³-hybridized carbons (Fsp3) is 0.306. The summed E-state index contributed by atoms with van der Waals surface area (Å²) in [5.41, 5.74) is 3.84. The molecule has 4 aromatic rings. The lowest BCUT2D eigenvalue weighted by Crippen LogP contribution is -2.49. The topological polar surface area (TPSA) is 108 Å². The fourth-order valence-corrected chi connectivity index (χ4v) is 6.68. The average Bonchev–Trinajstić information content (AvgIpc) is 3.07. The molecule has 1 amide bonds. The third-order valence-electron chi connectivity index (χ3n) is 8.31. The molecule has 0 unspecified atom stereocenters. The quantitative estimate of drug-likeness (QED) is 0.222. The van der Waals surface area contributed by atoms with Crippen molar-refractivity contribution in [1.82, 2.24) is 9.80 Å². The van der Waals surface area contributed by atoms with Gasteiger partial charge in [-0.25, -0.2) is 8.42 Å². The van der Waals surface area contributed by atoms with Gasteiger partial charge in [-0.2, -0.15) is 0 Å². The Morgan fingerprint density at radius 1 is 0.978 bits per heavy atom. The van der Waals surface area contributed by atoms with E-state index < -0.39 is 22.2 Å². The Hall–Kier alpha value is -4.38.